The van der Waals surface area contributed by atoms with Crippen molar-refractivity contribution in [3.05, 3.63) is 0 Å². The Hall–Kier alpha value is -1.50. The number of carbonyl (C=O) groups excluding carboxylic acids is 3. The quantitative estimate of drug-likeness (QED) is 0.117. The second-order valence-electron chi connectivity index (χ2n) is 6.09. The minimum Gasteiger partial charge on any atom is -0.480 e. The van der Waals surface area contributed by atoms with E-state index >= 15 is 0 Å². The lowest BCUT2D eigenvalue weighted by molar-refractivity contribution is -0.141. The standard InChI is InChI=1S/C16H31N5O5S2/c1-28-7-5-11(16(25)26)20-13(22)8-19-15(24)12(9-27)21-14(23)10(18)4-2-3-6-17/h10-12,27H,2-9,17-18H2,1H3,(H,19,24)(H,20,22)(H,21,23)(H,25,26). The van der Waals surface area contributed by atoms with Crippen LogP contribution in [0.3, 0.4) is 0 Å². The molecule has 0 heterocycles. The third-order valence-corrected chi connectivity index (χ3v) is 4.80. The summed E-state index contributed by atoms with van der Waals surface area (Å²) in [5.74, 6) is -2.28. The van der Waals surface area contributed by atoms with Crippen molar-refractivity contribution in [3.8, 4) is 0 Å². The molecule has 0 aliphatic heterocycles. The van der Waals surface area contributed by atoms with Gasteiger partial charge in [-0.15, -0.1) is 0 Å². The third-order valence-electron chi connectivity index (χ3n) is 3.79. The fourth-order valence-electron chi connectivity index (χ4n) is 2.14. The van der Waals surface area contributed by atoms with Gasteiger partial charge in [-0.1, -0.05) is 6.42 Å². The monoisotopic (exact) mass is 437 g/mol. The fraction of sp³-hybridized carbons (Fsp3) is 0.750. The lowest BCUT2D eigenvalue weighted by atomic mass is 10.1. The van der Waals surface area contributed by atoms with Crippen molar-refractivity contribution >= 4 is 48.1 Å². The van der Waals surface area contributed by atoms with Crippen LogP contribution in [0.4, 0.5) is 0 Å². The molecule has 0 bridgehead atoms. The molecule has 0 aromatic heterocycles. The number of unbranched alkanes of at least 4 members (excludes halogenated alkanes) is 1. The molecule has 0 fully saturated rings. The summed E-state index contributed by atoms with van der Waals surface area (Å²) in [6, 6.07) is -2.75. The number of thioether (sulfide) groups is 1. The summed E-state index contributed by atoms with van der Waals surface area (Å²) in [6.45, 7) is 0.0999. The van der Waals surface area contributed by atoms with E-state index < -0.39 is 48.4 Å². The Morgan fingerprint density at radius 2 is 1.75 bits per heavy atom. The lowest BCUT2D eigenvalue weighted by Gasteiger charge is -2.19. The van der Waals surface area contributed by atoms with E-state index in [9.17, 15) is 19.2 Å². The molecule has 0 rings (SSSR count). The SMILES string of the molecule is CSCCC(NC(=O)CNC(=O)C(CS)NC(=O)C(N)CCCCN)C(=O)O. The highest BCUT2D eigenvalue weighted by Crippen LogP contribution is 2.01. The van der Waals surface area contributed by atoms with Gasteiger partial charge in [-0.25, -0.2) is 4.79 Å². The van der Waals surface area contributed by atoms with E-state index in [0.29, 0.717) is 25.1 Å². The Morgan fingerprint density at radius 1 is 1.07 bits per heavy atom. The van der Waals surface area contributed by atoms with Gasteiger partial charge < -0.3 is 32.5 Å². The number of aliphatic carboxylic acids is 1. The number of rotatable bonds is 15. The van der Waals surface area contributed by atoms with Crippen LogP contribution >= 0.6 is 24.4 Å². The number of carboxylic acids is 1. The number of carbonyl (C=O) groups is 4. The summed E-state index contributed by atoms with van der Waals surface area (Å²) in [5.41, 5.74) is 11.2. The molecule has 3 unspecified atom stereocenters. The minimum atomic E-state index is -1.14. The molecule has 0 aromatic carbocycles. The number of amides is 3. The van der Waals surface area contributed by atoms with Crippen LogP contribution in [0.15, 0.2) is 0 Å². The maximum Gasteiger partial charge on any atom is 0.326 e. The maximum atomic E-state index is 12.2. The topological polar surface area (TPSA) is 177 Å². The van der Waals surface area contributed by atoms with E-state index in [1.807, 2.05) is 6.26 Å². The highest BCUT2D eigenvalue weighted by molar-refractivity contribution is 7.98. The number of hydrogen-bond donors (Lipinski definition) is 7. The van der Waals surface area contributed by atoms with Crippen molar-refractivity contribution in [2.45, 2.75) is 43.8 Å². The van der Waals surface area contributed by atoms with Crippen molar-refractivity contribution in [2.24, 2.45) is 11.5 Å². The third kappa shape index (κ3) is 11.4. The zero-order chi connectivity index (χ0) is 21.5. The minimum absolute atomic E-state index is 0.0141. The predicted molar refractivity (Wildman–Crippen MR) is 112 cm³/mol. The molecule has 0 saturated carbocycles. The molecule has 0 aromatic rings. The highest BCUT2D eigenvalue weighted by Gasteiger charge is 2.24. The second-order valence-corrected chi connectivity index (χ2v) is 7.44. The average Bonchev–Trinajstić information content (AvgIpc) is 2.66. The smallest absolute Gasteiger partial charge is 0.326 e. The molecule has 0 spiro atoms. The summed E-state index contributed by atoms with van der Waals surface area (Å²) >= 11 is 5.50. The summed E-state index contributed by atoms with van der Waals surface area (Å²) < 4.78 is 0. The Kier molecular flexibility index (Phi) is 14.6. The highest BCUT2D eigenvalue weighted by atomic mass is 32.2. The molecule has 0 aliphatic rings. The Bertz CT molecular complexity index is 524. The summed E-state index contributed by atoms with van der Waals surface area (Å²) in [7, 11) is 0. The molecule has 3 atom stereocenters. The van der Waals surface area contributed by atoms with E-state index in [1.165, 1.54) is 11.8 Å². The summed E-state index contributed by atoms with van der Waals surface area (Å²) in [6.07, 6.45) is 3.99. The normalized spacial score (nSPS) is 13.9. The maximum absolute atomic E-state index is 12.2. The average molecular weight is 438 g/mol. The van der Waals surface area contributed by atoms with Gasteiger partial charge in [0.05, 0.1) is 12.6 Å². The number of thiol groups is 1. The largest absolute Gasteiger partial charge is 0.480 e. The van der Waals surface area contributed by atoms with Gasteiger partial charge in [0.2, 0.25) is 17.7 Å². The number of hydrogen-bond acceptors (Lipinski definition) is 8. The molecular weight excluding hydrogens is 406 g/mol. The Morgan fingerprint density at radius 3 is 2.29 bits per heavy atom. The molecule has 0 saturated heterocycles. The van der Waals surface area contributed by atoms with E-state index in [4.69, 9.17) is 16.6 Å². The second kappa shape index (κ2) is 15.4. The van der Waals surface area contributed by atoms with Crippen LogP contribution in [0.5, 0.6) is 0 Å². The van der Waals surface area contributed by atoms with Gasteiger partial charge in [0.15, 0.2) is 0 Å². The first kappa shape index (κ1) is 26.5. The zero-order valence-corrected chi connectivity index (χ0v) is 17.7. The van der Waals surface area contributed by atoms with Crippen LogP contribution in [-0.2, 0) is 19.2 Å². The van der Waals surface area contributed by atoms with Gasteiger partial charge >= 0.3 is 5.97 Å². The molecule has 0 aliphatic carbocycles. The molecule has 8 N–H and O–H groups in total. The molecule has 162 valence electrons. The first-order valence-electron chi connectivity index (χ1n) is 8.92. The fourth-order valence-corrected chi connectivity index (χ4v) is 2.87. The number of nitrogens with one attached hydrogen (secondary N) is 3. The zero-order valence-electron chi connectivity index (χ0n) is 16.0. The molecule has 0 radical (unpaired) electrons. The van der Waals surface area contributed by atoms with Crippen molar-refractivity contribution in [2.75, 3.05) is 30.9 Å². The van der Waals surface area contributed by atoms with Crippen LogP contribution in [0.1, 0.15) is 25.7 Å². The molecule has 10 nitrogen and oxygen atoms in total. The van der Waals surface area contributed by atoms with Crippen LogP contribution in [0.25, 0.3) is 0 Å². The van der Waals surface area contributed by atoms with Crippen LogP contribution < -0.4 is 27.4 Å². The summed E-state index contributed by atoms with van der Waals surface area (Å²) in [4.78, 5) is 47.2. The molecule has 28 heavy (non-hydrogen) atoms. The predicted octanol–water partition coefficient (Wildman–Crippen LogP) is -1.70. The molecule has 3 amide bonds. The summed E-state index contributed by atoms with van der Waals surface area (Å²) in [5, 5.41) is 16.3. The molecular formula is C16H31N5O5S2. The van der Waals surface area contributed by atoms with Crippen LogP contribution in [-0.4, -0.2) is 77.8 Å². The van der Waals surface area contributed by atoms with Gasteiger partial charge in [-0.3, -0.25) is 14.4 Å². The van der Waals surface area contributed by atoms with Gasteiger partial charge in [0, 0.05) is 5.75 Å². The van der Waals surface area contributed by atoms with Crippen LogP contribution in [0, 0.1) is 0 Å². The van der Waals surface area contributed by atoms with Gasteiger partial charge in [-0.05, 0) is 37.8 Å². The van der Waals surface area contributed by atoms with E-state index in [0.717, 1.165) is 6.42 Å². The van der Waals surface area contributed by atoms with E-state index in [1.54, 1.807) is 0 Å². The van der Waals surface area contributed by atoms with E-state index in [-0.39, 0.29) is 12.2 Å². The van der Waals surface area contributed by atoms with Gasteiger partial charge in [0.1, 0.15) is 12.1 Å². The van der Waals surface area contributed by atoms with Gasteiger partial charge in [-0.2, -0.15) is 24.4 Å². The first-order chi connectivity index (χ1) is 13.3. The van der Waals surface area contributed by atoms with Crippen molar-refractivity contribution in [1.29, 1.82) is 0 Å². The van der Waals surface area contributed by atoms with Crippen molar-refractivity contribution in [3.63, 3.8) is 0 Å². The first-order valence-corrected chi connectivity index (χ1v) is 10.9. The van der Waals surface area contributed by atoms with Crippen molar-refractivity contribution < 1.29 is 24.3 Å². The van der Waals surface area contributed by atoms with Gasteiger partial charge in [0.25, 0.3) is 0 Å². The Balaban J connectivity index is 4.46. The van der Waals surface area contributed by atoms with E-state index in [2.05, 4.69) is 28.6 Å². The lowest BCUT2D eigenvalue weighted by Crippen LogP contribution is -2.54. The van der Waals surface area contributed by atoms with Crippen molar-refractivity contribution in [1.82, 2.24) is 16.0 Å². The number of carboxylic acid groups (broad SMARTS) is 1. The van der Waals surface area contributed by atoms with Crippen LogP contribution in [0.2, 0.25) is 0 Å². The number of nitrogens with two attached hydrogens (primary N) is 2. The Labute approximate surface area is 174 Å². The molecule has 12 heteroatoms.